The van der Waals surface area contributed by atoms with Crippen molar-refractivity contribution in [2.45, 2.75) is 26.8 Å². The van der Waals surface area contributed by atoms with Crippen molar-refractivity contribution in [3.05, 3.63) is 34.9 Å². The van der Waals surface area contributed by atoms with E-state index in [4.69, 9.17) is 5.26 Å². The zero-order valence-corrected chi connectivity index (χ0v) is 9.16. The van der Waals surface area contributed by atoms with Crippen LogP contribution in [0.3, 0.4) is 0 Å². The van der Waals surface area contributed by atoms with Gasteiger partial charge in [-0.2, -0.15) is 5.26 Å². The van der Waals surface area contributed by atoms with E-state index in [-0.39, 0.29) is 5.91 Å². The number of rotatable bonds is 2. The molecule has 0 fully saturated rings. The van der Waals surface area contributed by atoms with E-state index in [9.17, 15) is 4.79 Å². The Bertz CT molecular complexity index is 418. The van der Waals surface area contributed by atoms with Crippen molar-refractivity contribution in [3.8, 4) is 6.07 Å². The molecule has 0 spiro atoms. The van der Waals surface area contributed by atoms with Gasteiger partial charge in [-0.05, 0) is 44.0 Å². The lowest BCUT2D eigenvalue weighted by Crippen LogP contribution is -2.31. The summed E-state index contributed by atoms with van der Waals surface area (Å²) in [6.07, 6.45) is 0. The molecule has 0 aliphatic heterocycles. The molecule has 0 radical (unpaired) electrons. The van der Waals surface area contributed by atoms with Gasteiger partial charge in [0.1, 0.15) is 6.04 Å². The Labute approximate surface area is 89.7 Å². The Hall–Kier alpha value is -1.82. The maximum Gasteiger partial charge on any atom is 0.252 e. The molecule has 0 aliphatic carbocycles. The van der Waals surface area contributed by atoms with Crippen LogP contribution in [0.15, 0.2) is 18.2 Å². The Balaban J connectivity index is 2.84. The van der Waals surface area contributed by atoms with Crippen molar-refractivity contribution < 1.29 is 4.79 Å². The molecule has 78 valence electrons. The van der Waals surface area contributed by atoms with Gasteiger partial charge in [0, 0.05) is 5.56 Å². The minimum absolute atomic E-state index is 0.202. The lowest BCUT2D eigenvalue weighted by Gasteiger charge is -2.07. The van der Waals surface area contributed by atoms with Crippen LogP contribution in [0.5, 0.6) is 0 Å². The number of benzene rings is 1. The van der Waals surface area contributed by atoms with Crippen molar-refractivity contribution in [2.75, 3.05) is 0 Å². The van der Waals surface area contributed by atoms with E-state index in [0.717, 1.165) is 11.1 Å². The molecule has 3 nitrogen and oxygen atoms in total. The Morgan fingerprint density at radius 3 is 2.60 bits per heavy atom. The van der Waals surface area contributed by atoms with Gasteiger partial charge in [-0.1, -0.05) is 6.07 Å². The first kappa shape index (κ1) is 11.3. The molecule has 1 aromatic rings. The minimum Gasteiger partial charge on any atom is -0.337 e. The third kappa shape index (κ3) is 2.81. The van der Waals surface area contributed by atoms with Crippen LogP contribution in [0.2, 0.25) is 0 Å². The molecule has 15 heavy (non-hydrogen) atoms. The summed E-state index contributed by atoms with van der Waals surface area (Å²) in [6, 6.07) is 7.00. The molecule has 1 rings (SSSR count). The zero-order valence-electron chi connectivity index (χ0n) is 9.16. The quantitative estimate of drug-likeness (QED) is 0.796. The van der Waals surface area contributed by atoms with Gasteiger partial charge in [0.15, 0.2) is 0 Å². The third-order valence-electron chi connectivity index (χ3n) is 2.31. The highest BCUT2D eigenvalue weighted by molar-refractivity contribution is 5.94. The topological polar surface area (TPSA) is 52.9 Å². The fourth-order valence-electron chi connectivity index (χ4n) is 1.19. The lowest BCUT2D eigenvalue weighted by atomic mass is 10.1. The van der Waals surface area contributed by atoms with E-state index < -0.39 is 6.04 Å². The average Bonchev–Trinajstić information content (AvgIpc) is 2.21. The van der Waals surface area contributed by atoms with Gasteiger partial charge in [-0.15, -0.1) is 0 Å². The van der Waals surface area contributed by atoms with E-state index in [2.05, 4.69) is 5.32 Å². The summed E-state index contributed by atoms with van der Waals surface area (Å²) in [7, 11) is 0. The summed E-state index contributed by atoms with van der Waals surface area (Å²) in [4.78, 5) is 11.6. The average molecular weight is 202 g/mol. The summed E-state index contributed by atoms with van der Waals surface area (Å²) in [6.45, 7) is 5.60. The van der Waals surface area contributed by atoms with Crippen LogP contribution in [-0.4, -0.2) is 11.9 Å². The number of nitrogens with one attached hydrogen (secondary N) is 1. The molecule has 1 aromatic carbocycles. The number of aryl methyl sites for hydroxylation is 2. The maximum absolute atomic E-state index is 11.6. The molecule has 1 N–H and O–H groups in total. The van der Waals surface area contributed by atoms with Crippen LogP contribution >= 0.6 is 0 Å². The molecular weight excluding hydrogens is 188 g/mol. The third-order valence-corrected chi connectivity index (χ3v) is 2.31. The van der Waals surface area contributed by atoms with Gasteiger partial charge in [-0.25, -0.2) is 0 Å². The second-order valence-electron chi connectivity index (χ2n) is 3.62. The second kappa shape index (κ2) is 4.61. The van der Waals surface area contributed by atoms with Crippen LogP contribution in [-0.2, 0) is 0 Å². The van der Waals surface area contributed by atoms with Gasteiger partial charge in [0.25, 0.3) is 5.91 Å². The van der Waals surface area contributed by atoms with Gasteiger partial charge in [0.2, 0.25) is 0 Å². The molecule has 1 atom stereocenters. The number of nitrogens with zero attached hydrogens (tertiary/aromatic N) is 1. The summed E-state index contributed by atoms with van der Waals surface area (Å²) in [5.41, 5.74) is 2.83. The first-order valence-electron chi connectivity index (χ1n) is 4.82. The lowest BCUT2D eigenvalue weighted by molar-refractivity contribution is 0.0947. The van der Waals surface area contributed by atoms with Crippen LogP contribution in [0, 0.1) is 25.2 Å². The number of amides is 1. The highest BCUT2D eigenvalue weighted by Gasteiger charge is 2.09. The summed E-state index contributed by atoms with van der Waals surface area (Å²) in [5.74, 6) is -0.202. The van der Waals surface area contributed by atoms with Crippen molar-refractivity contribution in [1.82, 2.24) is 5.32 Å². The van der Waals surface area contributed by atoms with Crippen molar-refractivity contribution >= 4 is 5.91 Å². The van der Waals surface area contributed by atoms with Gasteiger partial charge >= 0.3 is 0 Å². The molecule has 1 unspecified atom stereocenters. The molecule has 0 heterocycles. The number of carbonyl (C=O) groups is 1. The van der Waals surface area contributed by atoms with Gasteiger partial charge < -0.3 is 5.32 Å². The second-order valence-corrected chi connectivity index (χ2v) is 3.62. The predicted octanol–water partition coefficient (Wildman–Crippen LogP) is 1.95. The van der Waals surface area contributed by atoms with Gasteiger partial charge in [0.05, 0.1) is 6.07 Å². The molecule has 0 saturated heterocycles. The first-order chi connectivity index (χ1) is 7.04. The predicted molar refractivity (Wildman–Crippen MR) is 58.5 cm³/mol. The van der Waals surface area contributed by atoms with Crippen molar-refractivity contribution in [1.29, 1.82) is 5.26 Å². The largest absolute Gasteiger partial charge is 0.337 e. The summed E-state index contributed by atoms with van der Waals surface area (Å²) >= 11 is 0. The van der Waals surface area contributed by atoms with Crippen LogP contribution < -0.4 is 5.32 Å². The molecule has 0 saturated carbocycles. The molecule has 0 bridgehead atoms. The monoisotopic (exact) mass is 202 g/mol. The summed E-state index contributed by atoms with van der Waals surface area (Å²) < 4.78 is 0. The van der Waals surface area contributed by atoms with Gasteiger partial charge in [-0.3, -0.25) is 4.79 Å². The first-order valence-corrected chi connectivity index (χ1v) is 4.82. The highest BCUT2D eigenvalue weighted by Crippen LogP contribution is 2.09. The van der Waals surface area contributed by atoms with Crippen molar-refractivity contribution in [3.63, 3.8) is 0 Å². The smallest absolute Gasteiger partial charge is 0.252 e. The Morgan fingerprint density at radius 1 is 1.40 bits per heavy atom. The van der Waals surface area contributed by atoms with E-state index >= 15 is 0 Å². The number of hydrogen-bond acceptors (Lipinski definition) is 2. The van der Waals surface area contributed by atoms with E-state index in [1.807, 2.05) is 32.0 Å². The maximum atomic E-state index is 11.6. The van der Waals surface area contributed by atoms with Crippen LogP contribution in [0.1, 0.15) is 28.4 Å². The SMILES string of the molecule is Cc1ccc(C(=O)NC(C)C#N)cc1C. The highest BCUT2D eigenvalue weighted by atomic mass is 16.1. The molecular formula is C12H14N2O. The number of carbonyl (C=O) groups excluding carboxylic acids is 1. The van der Waals surface area contributed by atoms with Crippen molar-refractivity contribution in [2.24, 2.45) is 0 Å². The number of nitriles is 1. The summed E-state index contributed by atoms with van der Waals surface area (Å²) in [5, 5.41) is 11.2. The molecule has 1 amide bonds. The molecule has 0 aromatic heterocycles. The Morgan fingerprint density at radius 2 is 2.07 bits per heavy atom. The zero-order chi connectivity index (χ0) is 11.4. The van der Waals surface area contributed by atoms with E-state index in [1.165, 1.54) is 0 Å². The number of hydrogen-bond donors (Lipinski definition) is 1. The molecule has 3 heteroatoms. The van der Waals surface area contributed by atoms with Crippen LogP contribution in [0.4, 0.5) is 0 Å². The normalized spacial score (nSPS) is 11.6. The fraction of sp³-hybridized carbons (Fsp3) is 0.333. The standard InChI is InChI=1S/C12H14N2O/c1-8-4-5-11(6-9(8)2)12(15)14-10(3)7-13/h4-6,10H,1-3H3,(H,14,15). The Kier molecular flexibility index (Phi) is 3.46. The van der Waals surface area contributed by atoms with E-state index in [1.54, 1.807) is 13.0 Å². The molecule has 0 aliphatic rings. The van der Waals surface area contributed by atoms with E-state index in [0.29, 0.717) is 5.56 Å². The minimum atomic E-state index is -0.459. The van der Waals surface area contributed by atoms with Crippen LogP contribution in [0.25, 0.3) is 0 Å². The fourth-order valence-corrected chi connectivity index (χ4v) is 1.19.